The zero-order valence-electron chi connectivity index (χ0n) is 17.8. The van der Waals surface area contributed by atoms with Gasteiger partial charge in [-0.3, -0.25) is 9.59 Å². The Balaban J connectivity index is 1.91. The van der Waals surface area contributed by atoms with Crippen molar-refractivity contribution in [1.82, 2.24) is 0 Å². The number of carbonyl (C=O) groups excluding carboxylic acids is 3. The molecule has 0 atom stereocenters. The van der Waals surface area contributed by atoms with E-state index in [9.17, 15) is 14.4 Å². The third-order valence-corrected chi connectivity index (χ3v) is 4.63. The maximum Gasteiger partial charge on any atom is 0.338 e. The van der Waals surface area contributed by atoms with Gasteiger partial charge in [-0.15, -0.1) is 0 Å². The number of hydrogen-bond donors (Lipinski definition) is 2. The van der Waals surface area contributed by atoms with Gasteiger partial charge in [0.2, 0.25) is 0 Å². The Morgan fingerprint density at radius 1 is 0.656 bits per heavy atom. The summed E-state index contributed by atoms with van der Waals surface area (Å²) < 4.78 is 15.5. The molecule has 0 unspecified atom stereocenters. The van der Waals surface area contributed by atoms with Crippen molar-refractivity contribution in [3.05, 3.63) is 83.4 Å². The molecule has 0 saturated carbocycles. The van der Waals surface area contributed by atoms with Crippen LogP contribution in [-0.4, -0.2) is 39.1 Å². The van der Waals surface area contributed by atoms with Crippen molar-refractivity contribution >= 4 is 29.2 Å². The van der Waals surface area contributed by atoms with Crippen molar-refractivity contribution in [2.75, 3.05) is 32.0 Å². The van der Waals surface area contributed by atoms with Gasteiger partial charge in [-0.1, -0.05) is 30.3 Å². The van der Waals surface area contributed by atoms with Gasteiger partial charge in [0.1, 0.15) is 11.5 Å². The van der Waals surface area contributed by atoms with Crippen molar-refractivity contribution in [3.63, 3.8) is 0 Å². The summed E-state index contributed by atoms with van der Waals surface area (Å²) in [7, 11) is 4.12. The molecule has 0 aliphatic heterocycles. The van der Waals surface area contributed by atoms with Crippen LogP contribution in [0, 0.1) is 0 Å². The second-order valence-electron chi connectivity index (χ2n) is 6.56. The first-order valence-corrected chi connectivity index (χ1v) is 9.59. The average Bonchev–Trinajstić information content (AvgIpc) is 2.84. The van der Waals surface area contributed by atoms with Crippen LogP contribution in [0.1, 0.15) is 31.1 Å². The molecule has 2 N–H and O–H groups in total. The summed E-state index contributed by atoms with van der Waals surface area (Å²) >= 11 is 0. The molecule has 8 nitrogen and oxygen atoms in total. The molecule has 0 aliphatic carbocycles. The van der Waals surface area contributed by atoms with Crippen LogP contribution in [0.2, 0.25) is 0 Å². The number of methoxy groups -OCH3 is 3. The molecule has 0 saturated heterocycles. The Hall–Kier alpha value is -4.33. The number of ether oxygens (including phenoxy) is 3. The van der Waals surface area contributed by atoms with Crippen molar-refractivity contribution in [2.45, 2.75) is 0 Å². The van der Waals surface area contributed by atoms with E-state index in [1.54, 1.807) is 42.5 Å². The molecule has 0 bridgehead atoms. The monoisotopic (exact) mass is 434 g/mol. The highest BCUT2D eigenvalue weighted by atomic mass is 16.5. The quantitative estimate of drug-likeness (QED) is 0.545. The van der Waals surface area contributed by atoms with Gasteiger partial charge in [0.15, 0.2) is 0 Å². The first-order chi connectivity index (χ1) is 15.5. The number of nitrogens with one attached hydrogen (secondary N) is 2. The minimum Gasteiger partial charge on any atom is -0.494 e. The van der Waals surface area contributed by atoms with Gasteiger partial charge in [0.25, 0.3) is 11.8 Å². The lowest BCUT2D eigenvalue weighted by atomic mass is 10.1. The molecule has 164 valence electrons. The molecular formula is C24H22N2O6. The first kappa shape index (κ1) is 22.4. The van der Waals surface area contributed by atoms with E-state index in [0.29, 0.717) is 22.7 Å². The summed E-state index contributed by atoms with van der Waals surface area (Å²) in [6.07, 6.45) is 0. The summed E-state index contributed by atoms with van der Waals surface area (Å²) in [4.78, 5) is 37.4. The number of esters is 1. The van der Waals surface area contributed by atoms with E-state index in [0.717, 1.165) is 0 Å². The topological polar surface area (TPSA) is 103 Å². The molecule has 0 fully saturated rings. The second kappa shape index (κ2) is 10.1. The van der Waals surface area contributed by atoms with Crippen LogP contribution in [0.3, 0.4) is 0 Å². The Morgan fingerprint density at radius 2 is 1.16 bits per heavy atom. The Kier molecular flexibility index (Phi) is 7.07. The van der Waals surface area contributed by atoms with E-state index in [2.05, 4.69) is 10.6 Å². The SMILES string of the molecule is COC(=O)c1ccccc1C(=O)Nc1cc(OC)c(NC(=O)c2ccccc2)cc1OC. The van der Waals surface area contributed by atoms with E-state index in [1.165, 1.54) is 39.5 Å². The van der Waals surface area contributed by atoms with Crippen LogP contribution in [0.4, 0.5) is 11.4 Å². The molecule has 0 aliphatic rings. The summed E-state index contributed by atoms with van der Waals surface area (Å²) in [5.74, 6) is -0.883. The van der Waals surface area contributed by atoms with Crippen LogP contribution in [0.5, 0.6) is 11.5 Å². The van der Waals surface area contributed by atoms with Gasteiger partial charge in [0.05, 0.1) is 43.8 Å². The summed E-state index contributed by atoms with van der Waals surface area (Å²) in [5.41, 5.74) is 1.41. The van der Waals surface area contributed by atoms with Crippen molar-refractivity contribution in [2.24, 2.45) is 0 Å². The van der Waals surface area contributed by atoms with E-state index in [4.69, 9.17) is 14.2 Å². The Labute approximate surface area is 185 Å². The molecule has 0 aromatic heterocycles. The fourth-order valence-corrected chi connectivity index (χ4v) is 3.04. The molecule has 32 heavy (non-hydrogen) atoms. The minimum atomic E-state index is -0.626. The van der Waals surface area contributed by atoms with Gasteiger partial charge < -0.3 is 24.8 Å². The third kappa shape index (κ3) is 4.86. The minimum absolute atomic E-state index is 0.130. The molecular weight excluding hydrogens is 412 g/mol. The second-order valence-corrected chi connectivity index (χ2v) is 6.56. The first-order valence-electron chi connectivity index (χ1n) is 9.59. The molecule has 2 amide bonds. The van der Waals surface area contributed by atoms with Crippen molar-refractivity contribution in [3.8, 4) is 11.5 Å². The lowest BCUT2D eigenvalue weighted by molar-refractivity contribution is 0.0597. The van der Waals surface area contributed by atoms with Gasteiger partial charge >= 0.3 is 5.97 Å². The van der Waals surface area contributed by atoms with Crippen LogP contribution in [0.15, 0.2) is 66.7 Å². The molecule has 8 heteroatoms. The fraction of sp³-hybridized carbons (Fsp3) is 0.125. The van der Waals surface area contributed by atoms with E-state index >= 15 is 0 Å². The van der Waals surface area contributed by atoms with Gasteiger partial charge in [-0.25, -0.2) is 4.79 Å². The zero-order chi connectivity index (χ0) is 23.1. The lowest BCUT2D eigenvalue weighted by Gasteiger charge is -2.17. The molecule has 0 spiro atoms. The summed E-state index contributed by atoms with van der Waals surface area (Å²) in [6, 6.07) is 18.1. The molecule has 3 aromatic rings. The van der Waals surface area contributed by atoms with E-state index < -0.39 is 11.9 Å². The number of anilines is 2. The van der Waals surface area contributed by atoms with Gasteiger partial charge in [0, 0.05) is 17.7 Å². The normalized spacial score (nSPS) is 10.1. The number of amides is 2. The average molecular weight is 434 g/mol. The number of benzene rings is 3. The number of carbonyl (C=O) groups is 3. The standard InChI is InChI=1S/C24H22N2O6/c1-30-20-14-19(26-23(28)16-11-7-8-12-17(16)24(29)32-3)21(31-2)13-18(20)25-22(27)15-9-5-4-6-10-15/h4-14H,1-3H3,(H,25,27)(H,26,28). The Bertz CT molecular complexity index is 1140. The molecule has 0 heterocycles. The molecule has 0 radical (unpaired) electrons. The third-order valence-electron chi connectivity index (χ3n) is 4.63. The van der Waals surface area contributed by atoms with Crippen molar-refractivity contribution < 1.29 is 28.6 Å². The summed E-state index contributed by atoms with van der Waals surface area (Å²) in [6.45, 7) is 0. The van der Waals surface area contributed by atoms with Gasteiger partial charge in [-0.2, -0.15) is 0 Å². The predicted octanol–water partition coefficient (Wildman–Crippen LogP) is 4.00. The molecule has 3 aromatic carbocycles. The van der Waals surface area contributed by atoms with Crippen LogP contribution in [0.25, 0.3) is 0 Å². The van der Waals surface area contributed by atoms with E-state index in [-0.39, 0.29) is 22.8 Å². The largest absolute Gasteiger partial charge is 0.494 e. The Morgan fingerprint density at radius 3 is 1.69 bits per heavy atom. The fourth-order valence-electron chi connectivity index (χ4n) is 3.04. The van der Waals surface area contributed by atoms with Crippen LogP contribution >= 0.6 is 0 Å². The highest BCUT2D eigenvalue weighted by molar-refractivity contribution is 6.12. The maximum atomic E-state index is 12.9. The van der Waals surface area contributed by atoms with Crippen molar-refractivity contribution in [1.29, 1.82) is 0 Å². The van der Waals surface area contributed by atoms with Gasteiger partial charge in [-0.05, 0) is 24.3 Å². The van der Waals surface area contributed by atoms with E-state index in [1.807, 2.05) is 6.07 Å². The number of rotatable bonds is 7. The zero-order valence-corrected chi connectivity index (χ0v) is 17.8. The highest BCUT2D eigenvalue weighted by Gasteiger charge is 2.20. The predicted molar refractivity (Wildman–Crippen MR) is 120 cm³/mol. The lowest BCUT2D eigenvalue weighted by Crippen LogP contribution is -2.18. The van der Waals surface area contributed by atoms with Crippen LogP contribution in [-0.2, 0) is 4.74 Å². The maximum absolute atomic E-state index is 12.9. The highest BCUT2D eigenvalue weighted by Crippen LogP contribution is 2.37. The smallest absolute Gasteiger partial charge is 0.338 e. The summed E-state index contributed by atoms with van der Waals surface area (Å²) in [5, 5.41) is 5.50. The number of hydrogen-bond acceptors (Lipinski definition) is 6. The van der Waals surface area contributed by atoms with Crippen LogP contribution < -0.4 is 20.1 Å². The molecule has 3 rings (SSSR count).